The van der Waals surface area contributed by atoms with Gasteiger partial charge < -0.3 is 21.1 Å². The lowest BCUT2D eigenvalue weighted by atomic mass is 9.94. The van der Waals surface area contributed by atoms with Gasteiger partial charge in [-0.25, -0.2) is 8.78 Å². The molecule has 5 rings (SSSR count). The number of nitrogens with zero attached hydrogens (tertiary/aromatic N) is 3. The molecule has 1 amide bonds. The van der Waals surface area contributed by atoms with Crippen LogP contribution in [0.2, 0.25) is 0 Å². The van der Waals surface area contributed by atoms with E-state index < -0.39 is 6.23 Å². The largest absolute Gasteiger partial charge is 0.397 e. The number of ether oxygens (including phenoxy) is 1. The molecule has 0 spiro atoms. The Labute approximate surface area is 264 Å². The van der Waals surface area contributed by atoms with Crippen molar-refractivity contribution < 1.29 is 18.3 Å². The van der Waals surface area contributed by atoms with Crippen molar-refractivity contribution in [2.75, 3.05) is 24.6 Å². The summed E-state index contributed by atoms with van der Waals surface area (Å²) in [6, 6.07) is 4.00. The second-order valence-electron chi connectivity index (χ2n) is 9.01. The summed E-state index contributed by atoms with van der Waals surface area (Å²) in [5.41, 5.74) is 13.0. The lowest BCUT2D eigenvalue weighted by Gasteiger charge is -2.24. The molecular formula is C33H48BrF2N5O2. The fourth-order valence-corrected chi connectivity index (χ4v) is 4.72. The monoisotopic (exact) mass is 663 g/mol. The number of anilines is 2. The number of nitrogen functional groups attached to an aromatic ring is 2. The van der Waals surface area contributed by atoms with Gasteiger partial charge in [-0.05, 0) is 49.6 Å². The van der Waals surface area contributed by atoms with E-state index in [1.54, 1.807) is 11.0 Å². The Hall–Kier alpha value is -3.24. The highest BCUT2D eigenvalue weighted by Gasteiger charge is 2.37. The molecule has 7 nitrogen and oxygen atoms in total. The molecule has 0 radical (unpaired) electrons. The van der Waals surface area contributed by atoms with Crippen molar-refractivity contribution in [3.05, 3.63) is 88.2 Å². The number of carbonyl (C=O) groups is 1. The van der Waals surface area contributed by atoms with Crippen LogP contribution in [0, 0.1) is 5.82 Å². The molecule has 1 saturated heterocycles. The van der Waals surface area contributed by atoms with Gasteiger partial charge in [0.05, 0.1) is 23.1 Å². The van der Waals surface area contributed by atoms with Crippen LogP contribution < -0.4 is 11.5 Å². The number of hydrogen-bond acceptors (Lipinski definition) is 5. The molecule has 0 saturated carbocycles. The first-order valence-electron chi connectivity index (χ1n) is 15.1. The number of carbonyl (C=O) groups excluding carboxylic acids is 1. The average Bonchev–Trinajstić information content (AvgIpc) is 3.63. The predicted octanol–water partition coefficient (Wildman–Crippen LogP) is 8.90. The van der Waals surface area contributed by atoms with Crippen LogP contribution >= 0.6 is 15.9 Å². The highest BCUT2D eigenvalue weighted by atomic mass is 79.9. The quantitative estimate of drug-likeness (QED) is 0.311. The fraction of sp³-hybridized carbons (Fsp3) is 0.455. The summed E-state index contributed by atoms with van der Waals surface area (Å²) in [6.45, 7) is 14.8. The summed E-state index contributed by atoms with van der Waals surface area (Å²) >= 11 is 3.49. The Morgan fingerprint density at radius 2 is 1.70 bits per heavy atom. The molecule has 1 aromatic carbocycles. The molecule has 43 heavy (non-hydrogen) atoms. The van der Waals surface area contributed by atoms with Crippen LogP contribution in [0.4, 0.5) is 20.2 Å². The normalized spacial score (nSPS) is 20.2. The van der Waals surface area contributed by atoms with E-state index in [2.05, 4.69) is 28.1 Å². The first-order chi connectivity index (χ1) is 20.8. The number of halogens is 3. The number of benzene rings is 1. The summed E-state index contributed by atoms with van der Waals surface area (Å²) in [5.74, 6) is -0.613. The maximum atomic E-state index is 13.5. The fourth-order valence-electron chi connectivity index (χ4n) is 4.38. The third-order valence-corrected chi connectivity index (χ3v) is 6.90. The van der Waals surface area contributed by atoms with E-state index >= 15 is 0 Å². The minimum atomic E-state index is -0.435. The summed E-state index contributed by atoms with van der Waals surface area (Å²) in [7, 11) is 0. The van der Waals surface area contributed by atoms with Gasteiger partial charge in [-0.15, -0.1) is 0 Å². The molecule has 4 N–H and O–H groups in total. The van der Waals surface area contributed by atoms with Crippen LogP contribution in [0.5, 0.6) is 0 Å². The van der Waals surface area contributed by atoms with Gasteiger partial charge in [-0.2, -0.15) is 5.10 Å². The van der Waals surface area contributed by atoms with Crippen molar-refractivity contribution in [3.8, 4) is 0 Å². The number of nitrogens with two attached hydrogens (primary N) is 2. The number of rotatable bonds is 5. The minimum absolute atomic E-state index is 0.0000951. The van der Waals surface area contributed by atoms with Crippen LogP contribution in [-0.4, -0.2) is 33.7 Å². The Morgan fingerprint density at radius 1 is 1.00 bits per heavy atom. The topological polar surface area (TPSA) is 99.4 Å². The highest BCUT2D eigenvalue weighted by molar-refractivity contribution is 9.11. The van der Waals surface area contributed by atoms with Crippen LogP contribution in [0.25, 0.3) is 0 Å². The molecular weight excluding hydrogens is 616 g/mol. The van der Waals surface area contributed by atoms with Gasteiger partial charge in [0.2, 0.25) is 0 Å². The Bertz CT molecular complexity index is 1270. The smallest absolute Gasteiger partial charge is 0.250 e. The third kappa shape index (κ3) is 10.8. The van der Waals surface area contributed by atoms with Gasteiger partial charge >= 0.3 is 0 Å². The lowest BCUT2D eigenvalue weighted by molar-refractivity contribution is -0.128. The second-order valence-corrected chi connectivity index (χ2v) is 9.93. The summed E-state index contributed by atoms with van der Waals surface area (Å²) in [4.78, 5) is 14.1. The van der Waals surface area contributed by atoms with E-state index in [1.165, 1.54) is 24.3 Å². The van der Waals surface area contributed by atoms with Crippen molar-refractivity contribution in [1.29, 1.82) is 0 Å². The second kappa shape index (κ2) is 19.9. The molecule has 2 aliphatic carbocycles. The molecule has 2 heterocycles. The molecule has 238 valence electrons. The van der Waals surface area contributed by atoms with Crippen molar-refractivity contribution in [2.24, 2.45) is 0 Å². The molecule has 1 fully saturated rings. The zero-order valence-corrected chi connectivity index (χ0v) is 28.1. The van der Waals surface area contributed by atoms with E-state index in [9.17, 15) is 13.6 Å². The highest BCUT2D eigenvalue weighted by Crippen LogP contribution is 2.37. The van der Waals surface area contributed by atoms with E-state index in [4.69, 9.17) is 21.3 Å². The molecule has 2 aromatic rings. The zero-order valence-electron chi connectivity index (χ0n) is 26.5. The van der Waals surface area contributed by atoms with Crippen LogP contribution in [-0.2, 0) is 9.53 Å². The van der Waals surface area contributed by atoms with Crippen LogP contribution in [0.3, 0.4) is 0 Å². The molecule has 0 bridgehead atoms. The maximum Gasteiger partial charge on any atom is 0.250 e. The first kappa shape index (κ1) is 37.8. The molecule has 1 aliphatic heterocycles. The van der Waals surface area contributed by atoms with Gasteiger partial charge in [-0.3, -0.25) is 9.48 Å². The van der Waals surface area contributed by atoms with E-state index in [0.29, 0.717) is 18.7 Å². The van der Waals surface area contributed by atoms with Gasteiger partial charge in [-0.1, -0.05) is 88.7 Å². The SMILES string of the molecule is CC.CC.CC.CCCN1C(=O)COC1c1cn(C2C=CC(Br)=CC2)nc1C1C=CC(F)=CC1.Nc1ccc(F)cc1N. The molecule has 10 heteroatoms. The van der Waals surface area contributed by atoms with Crippen molar-refractivity contribution in [2.45, 2.75) is 85.9 Å². The van der Waals surface area contributed by atoms with Crippen LogP contribution in [0.1, 0.15) is 97.2 Å². The van der Waals surface area contributed by atoms with Crippen molar-refractivity contribution in [1.82, 2.24) is 14.7 Å². The van der Waals surface area contributed by atoms with Crippen LogP contribution in [0.15, 0.2) is 71.2 Å². The van der Waals surface area contributed by atoms with Gasteiger partial charge in [0.1, 0.15) is 18.3 Å². The lowest BCUT2D eigenvalue weighted by Crippen LogP contribution is -2.29. The zero-order chi connectivity index (χ0) is 32.5. The van der Waals surface area contributed by atoms with E-state index in [-0.39, 0.29) is 41.8 Å². The molecule has 1 aromatic heterocycles. The standard InChI is InChI=1S/C21H23BrFN3O2.C6H7FN2.3C2H6/c1-2-11-25-19(27)13-28-21(25)18-12-26(17-9-5-15(22)6-10-17)24-20(18)14-3-7-16(23)8-4-14;7-4-1-2-5(8)6(9)3-4;3*1-2/h3,5-9,12,14,17,21H,2,4,10-11,13H2,1H3;1-3H,8-9H2;3*1-2H3. The van der Waals surface area contributed by atoms with Crippen molar-refractivity contribution in [3.63, 3.8) is 0 Å². The van der Waals surface area contributed by atoms with Gasteiger partial charge in [0, 0.05) is 28.7 Å². The average molecular weight is 665 g/mol. The van der Waals surface area contributed by atoms with E-state index in [1.807, 2.05) is 71.5 Å². The minimum Gasteiger partial charge on any atom is -0.397 e. The summed E-state index contributed by atoms with van der Waals surface area (Å²) in [6.07, 6.45) is 14.9. The Kier molecular flexibility index (Phi) is 17.4. The number of hydrogen-bond donors (Lipinski definition) is 2. The predicted molar refractivity (Wildman–Crippen MR) is 178 cm³/mol. The Balaban J connectivity index is 0.000000517. The number of aromatic nitrogens is 2. The Morgan fingerprint density at radius 3 is 2.23 bits per heavy atom. The van der Waals surface area contributed by atoms with Crippen molar-refractivity contribution >= 4 is 33.2 Å². The van der Waals surface area contributed by atoms with Gasteiger partial charge in [0.25, 0.3) is 5.91 Å². The molecule has 3 aliphatic rings. The molecule has 3 unspecified atom stereocenters. The summed E-state index contributed by atoms with van der Waals surface area (Å²) in [5, 5.41) is 4.87. The van der Waals surface area contributed by atoms with Gasteiger partial charge in [0.15, 0.2) is 6.23 Å². The number of amides is 1. The first-order valence-corrected chi connectivity index (χ1v) is 15.9. The number of allylic oxidation sites excluding steroid dienone is 8. The van der Waals surface area contributed by atoms with E-state index in [0.717, 1.165) is 28.6 Å². The summed E-state index contributed by atoms with van der Waals surface area (Å²) < 4.78 is 34.5. The maximum absolute atomic E-state index is 13.5. The third-order valence-electron chi connectivity index (χ3n) is 6.32. The molecule has 3 atom stereocenters.